The lowest BCUT2D eigenvalue weighted by atomic mass is 10.1. The van der Waals surface area contributed by atoms with E-state index in [4.69, 9.17) is 5.11 Å². The standard InChI is InChI=1S/C15H19NOS/c1-11-8-10-18-15(11)12(2)16-14-5-3-13(4-6-14)7-9-17/h3-6,8,10,12,16-17H,7,9H2,1-2H3. The van der Waals surface area contributed by atoms with Gasteiger partial charge < -0.3 is 10.4 Å². The Bertz CT molecular complexity index is 489. The van der Waals surface area contributed by atoms with Gasteiger partial charge in [0.25, 0.3) is 0 Å². The van der Waals surface area contributed by atoms with Gasteiger partial charge in [0.05, 0.1) is 6.04 Å². The molecule has 0 spiro atoms. The third-order valence-corrected chi connectivity index (χ3v) is 4.23. The predicted molar refractivity (Wildman–Crippen MR) is 78.3 cm³/mol. The zero-order chi connectivity index (χ0) is 13.0. The van der Waals surface area contributed by atoms with E-state index in [1.807, 2.05) is 0 Å². The van der Waals surface area contributed by atoms with Crippen LogP contribution in [-0.4, -0.2) is 11.7 Å². The van der Waals surface area contributed by atoms with Crippen LogP contribution in [0.25, 0.3) is 0 Å². The Hall–Kier alpha value is -1.32. The molecule has 0 fully saturated rings. The van der Waals surface area contributed by atoms with E-state index in [2.05, 4.69) is 54.9 Å². The van der Waals surface area contributed by atoms with Gasteiger partial charge in [0.15, 0.2) is 0 Å². The second-order valence-electron chi connectivity index (χ2n) is 4.50. The van der Waals surface area contributed by atoms with Gasteiger partial charge in [-0.3, -0.25) is 0 Å². The average molecular weight is 261 g/mol. The first-order valence-electron chi connectivity index (χ1n) is 6.21. The van der Waals surface area contributed by atoms with Crippen LogP contribution in [0.5, 0.6) is 0 Å². The number of aliphatic hydroxyl groups excluding tert-OH is 1. The molecule has 0 radical (unpaired) electrons. The minimum Gasteiger partial charge on any atom is -0.396 e. The maximum atomic E-state index is 8.88. The minimum absolute atomic E-state index is 0.206. The SMILES string of the molecule is Cc1ccsc1C(C)Nc1ccc(CCO)cc1. The van der Waals surface area contributed by atoms with Gasteiger partial charge >= 0.3 is 0 Å². The minimum atomic E-state index is 0.206. The second kappa shape index (κ2) is 6.03. The van der Waals surface area contributed by atoms with Gasteiger partial charge in [0, 0.05) is 17.2 Å². The highest BCUT2D eigenvalue weighted by molar-refractivity contribution is 7.10. The molecule has 0 bridgehead atoms. The summed E-state index contributed by atoms with van der Waals surface area (Å²) in [5, 5.41) is 14.5. The van der Waals surface area contributed by atoms with E-state index in [1.165, 1.54) is 16.0 Å². The topological polar surface area (TPSA) is 32.3 Å². The summed E-state index contributed by atoms with van der Waals surface area (Å²) in [4.78, 5) is 1.38. The first-order chi connectivity index (χ1) is 8.70. The molecule has 3 heteroatoms. The summed E-state index contributed by atoms with van der Waals surface area (Å²) >= 11 is 1.79. The van der Waals surface area contributed by atoms with E-state index in [0.29, 0.717) is 6.04 Å². The van der Waals surface area contributed by atoms with Crippen LogP contribution in [0.1, 0.15) is 29.0 Å². The zero-order valence-corrected chi connectivity index (χ0v) is 11.6. The van der Waals surface area contributed by atoms with Gasteiger partial charge in [-0.15, -0.1) is 11.3 Å². The lowest BCUT2D eigenvalue weighted by Gasteiger charge is -2.15. The highest BCUT2D eigenvalue weighted by Crippen LogP contribution is 2.26. The number of aryl methyl sites for hydroxylation is 1. The smallest absolute Gasteiger partial charge is 0.0581 e. The van der Waals surface area contributed by atoms with Gasteiger partial charge in [0.2, 0.25) is 0 Å². The molecule has 2 aromatic rings. The zero-order valence-electron chi connectivity index (χ0n) is 10.8. The van der Waals surface area contributed by atoms with Crippen LogP contribution in [0.15, 0.2) is 35.7 Å². The summed E-state index contributed by atoms with van der Waals surface area (Å²) in [6, 6.07) is 10.8. The molecule has 2 rings (SSSR count). The molecule has 18 heavy (non-hydrogen) atoms. The first-order valence-corrected chi connectivity index (χ1v) is 7.09. The third kappa shape index (κ3) is 3.12. The van der Waals surface area contributed by atoms with Crippen molar-refractivity contribution in [1.29, 1.82) is 0 Å². The highest BCUT2D eigenvalue weighted by atomic mass is 32.1. The van der Waals surface area contributed by atoms with Gasteiger partial charge in [-0.1, -0.05) is 12.1 Å². The van der Waals surface area contributed by atoms with Crippen molar-refractivity contribution >= 4 is 17.0 Å². The normalized spacial score (nSPS) is 12.4. The van der Waals surface area contributed by atoms with Crippen LogP contribution < -0.4 is 5.32 Å². The Kier molecular flexibility index (Phi) is 4.39. The van der Waals surface area contributed by atoms with Crippen molar-refractivity contribution in [2.45, 2.75) is 26.3 Å². The number of rotatable bonds is 5. The van der Waals surface area contributed by atoms with E-state index in [9.17, 15) is 0 Å². The molecule has 2 N–H and O–H groups in total. The molecule has 0 aliphatic carbocycles. The number of benzene rings is 1. The monoisotopic (exact) mass is 261 g/mol. The number of hydrogen-bond donors (Lipinski definition) is 2. The Morgan fingerprint density at radius 1 is 1.22 bits per heavy atom. The molecule has 0 amide bonds. The number of thiophene rings is 1. The van der Waals surface area contributed by atoms with Crippen LogP contribution in [-0.2, 0) is 6.42 Å². The molecule has 1 heterocycles. The van der Waals surface area contributed by atoms with Gasteiger partial charge in [-0.05, 0) is 55.0 Å². The third-order valence-electron chi connectivity index (χ3n) is 3.03. The van der Waals surface area contributed by atoms with Crippen molar-refractivity contribution in [1.82, 2.24) is 0 Å². The predicted octanol–water partition coefficient (Wildman–Crippen LogP) is 3.76. The quantitative estimate of drug-likeness (QED) is 0.859. The Labute approximate surface area is 112 Å². The molecule has 2 nitrogen and oxygen atoms in total. The molecular formula is C15H19NOS. The second-order valence-corrected chi connectivity index (χ2v) is 5.45. The van der Waals surface area contributed by atoms with E-state index in [-0.39, 0.29) is 6.61 Å². The summed E-state index contributed by atoms with van der Waals surface area (Å²) in [5.41, 5.74) is 3.64. The van der Waals surface area contributed by atoms with Crippen LogP contribution in [0, 0.1) is 6.92 Å². The first kappa shape index (κ1) is 13.1. The molecule has 1 aromatic carbocycles. The van der Waals surface area contributed by atoms with Gasteiger partial charge in [-0.25, -0.2) is 0 Å². The van der Waals surface area contributed by atoms with Gasteiger partial charge in [-0.2, -0.15) is 0 Å². The fourth-order valence-corrected chi connectivity index (χ4v) is 2.98. The highest BCUT2D eigenvalue weighted by Gasteiger charge is 2.09. The number of hydrogen-bond acceptors (Lipinski definition) is 3. The summed E-state index contributed by atoms with van der Waals surface area (Å²) in [7, 11) is 0. The van der Waals surface area contributed by atoms with E-state index < -0.39 is 0 Å². The fourth-order valence-electron chi connectivity index (χ4n) is 2.04. The average Bonchev–Trinajstić information content (AvgIpc) is 2.78. The molecule has 0 saturated carbocycles. The van der Waals surface area contributed by atoms with Crippen molar-refractivity contribution in [3.05, 3.63) is 51.7 Å². The molecular weight excluding hydrogens is 242 g/mol. The van der Waals surface area contributed by atoms with Crippen LogP contribution in [0.4, 0.5) is 5.69 Å². The Balaban J connectivity index is 2.03. The maximum absolute atomic E-state index is 8.88. The van der Waals surface area contributed by atoms with Crippen molar-refractivity contribution < 1.29 is 5.11 Å². The maximum Gasteiger partial charge on any atom is 0.0581 e. The summed E-state index contributed by atoms with van der Waals surface area (Å²) in [6.07, 6.45) is 0.722. The van der Waals surface area contributed by atoms with Crippen LogP contribution >= 0.6 is 11.3 Å². The lowest BCUT2D eigenvalue weighted by molar-refractivity contribution is 0.299. The van der Waals surface area contributed by atoms with Crippen molar-refractivity contribution in [3.63, 3.8) is 0 Å². The van der Waals surface area contributed by atoms with Crippen molar-refractivity contribution in [2.75, 3.05) is 11.9 Å². The largest absolute Gasteiger partial charge is 0.396 e. The Morgan fingerprint density at radius 3 is 2.50 bits per heavy atom. The molecule has 1 aromatic heterocycles. The molecule has 96 valence electrons. The van der Waals surface area contributed by atoms with Crippen LogP contribution in [0.2, 0.25) is 0 Å². The fraction of sp³-hybridized carbons (Fsp3) is 0.333. The van der Waals surface area contributed by atoms with Crippen molar-refractivity contribution in [2.24, 2.45) is 0 Å². The lowest BCUT2D eigenvalue weighted by Crippen LogP contribution is -2.06. The van der Waals surface area contributed by atoms with E-state index in [1.54, 1.807) is 11.3 Å². The number of anilines is 1. The molecule has 0 saturated heterocycles. The van der Waals surface area contributed by atoms with E-state index in [0.717, 1.165) is 12.1 Å². The van der Waals surface area contributed by atoms with E-state index >= 15 is 0 Å². The Morgan fingerprint density at radius 2 is 1.94 bits per heavy atom. The van der Waals surface area contributed by atoms with Crippen molar-refractivity contribution in [3.8, 4) is 0 Å². The summed E-state index contributed by atoms with van der Waals surface area (Å²) in [6.45, 7) is 4.53. The van der Waals surface area contributed by atoms with Gasteiger partial charge in [0.1, 0.15) is 0 Å². The molecule has 1 unspecified atom stereocenters. The molecule has 0 aliphatic rings. The molecule has 0 aliphatic heterocycles. The summed E-state index contributed by atoms with van der Waals surface area (Å²) < 4.78 is 0. The van der Waals surface area contributed by atoms with Crippen LogP contribution in [0.3, 0.4) is 0 Å². The molecule has 1 atom stereocenters. The number of nitrogens with one attached hydrogen (secondary N) is 1. The number of aliphatic hydroxyl groups is 1. The summed E-state index contributed by atoms with van der Waals surface area (Å²) in [5.74, 6) is 0.